The van der Waals surface area contributed by atoms with Gasteiger partial charge in [-0.15, -0.1) is 0 Å². The van der Waals surface area contributed by atoms with Gasteiger partial charge in [0.1, 0.15) is 5.75 Å². The van der Waals surface area contributed by atoms with Crippen molar-refractivity contribution < 1.29 is 9.53 Å². The number of piperidine rings is 1. The third-order valence-corrected chi connectivity index (χ3v) is 4.16. The monoisotopic (exact) mass is 315 g/mol. The van der Waals surface area contributed by atoms with E-state index < -0.39 is 6.10 Å². The van der Waals surface area contributed by atoms with Gasteiger partial charge in [0.15, 0.2) is 6.10 Å². The zero-order valence-electron chi connectivity index (χ0n) is 11.7. The minimum Gasteiger partial charge on any atom is -0.479 e. The van der Waals surface area contributed by atoms with Gasteiger partial charge in [0.25, 0.3) is 5.91 Å². The highest BCUT2D eigenvalue weighted by Gasteiger charge is 2.28. The first-order chi connectivity index (χ1) is 9.49. The highest BCUT2D eigenvalue weighted by atomic mass is 35.5. The van der Waals surface area contributed by atoms with Gasteiger partial charge < -0.3 is 9.64 Å². The summed E-state index contributed by atoms with van der Waals surface area (Å²) >= 11 is 11.9. The van der Waals surface area contributed by atoms with Crippen molar-refractivity contribution in [1.82, 2.24) is 4.90 Å². The van der Waals surface area contributed by atoms with Crippen LogP contribution in [0.1, 0.15) is 33.1 Å². The van der Waals surface area contributed by atoms with E-state index in [1.165, 1.54) is 6.42 Å². The molecule has 0 bridgehead atoms. The summed E-state index contributed by atoms with van der Waals surface area (Å²) in [6.07, 6.45) is 2.75. The van der Waals surface area contributed by atoms with Crippen LogP contribution in [-0.4, -0.2) is 29.5 Å². The topological polar surface area (TPSA) is 29.5 Å². The van der Waals surface area contributed by atoms with Gasteiger partial charge in [-0.3, -0.25) is 4.79 Å². The maximum Gasteiger partial charge on any atom is 0.263 e. The number of hydrogen-bond acceptors (Lipinski definition) is 2. The molecule has 1 aliphatic heterocycles. The molecule has 0 spiro atoms. The van der Waals surface area contributed by atoms with E-state index in [-0.39, 0.29) is 11.9 Å². The minimum absolute atomic E-state index is 0.0169. The first-order valence-corrected chi connectivity index (χ1v) is 7.67. The summed E-state index contributed by atoms with van der Waals surface area (Å²) in [6, 6.07) is 5.28. The van der Waals surface area contributed by atoms with Crippen molar-refractivity contribution in [3.63, 3.8) is 0 Å². The van der Waals surface area contributed by atoms with Gasteiger partial charge in [0.05, 0.1) is 5.02 Å². The van der Waals surface area contributed by atoms with E-state index in [9.17, 15) is 4.79 Å². The van der Waals surface area contributed by atoms with E-state index in [2.05, 4.69) is 6.92 Å². The molecule has 1 amide bonds. The van der Waals surface area contributed by atoms with Gasteiger partial charge in [-0.25, -0.2) is 0 Å². The third-order valence-electron chi connectivity index (χ3n) is 3.63. The fraction of sp³-hybridized carbons (Fsp3) is 0.533. The number of amides is 1. The summed E-state index contributed by atoms with van der Waals surface area (Å²) in [6.45, 7) is 4.65. The van der Waals surface area contributed by atoms with Crippen LogP contribution < -0.4 is 4.74 Å². The number of carbonyl (C=O) groups is 1. The maximum absolute atomic E-state index is 12.4. The smallest absolute Gasteiger partial charge is 0.263 e. The lowest BCUT2D eigenvalue weighted by molar-refractivity contribution is -0.141. The molecule has 0 N–H and O–H groups in total. The molecule has 110 valence electrons. The zero-order valence-corrected chi connectivity index (χ0v) is 13.2. The normalized spacial score (nSPS) is 20.6. The maximum atomic E-state index is 12.4. The second kappa shape index (κ2) is 6.68. The Morgan fingerprint density at radius 1 is 1.40 bits per heavy atom. The molecule has 1 aromatic rings. The minimum atomic E-state index is -0.547. The van der Waals surface area contributed by atoms with Crippen molar-refractivity contribution in [2.24, 2.45) is 0 Å². The number of nitrogens with zero attached hydrogens (tertiary/aromatic N) is 1. The average Bonchev–Trinajstić information content (AvgIpc) is 2.41. The van der Waals surface area contributed by atoms with Crippen LogP contribution in [0.5, 0.6) is 5.75 Å². The summed E-state index contributed by atoms with van der Waals surface area (Å²) in [5, 5.41) is 0.967. The van der Waals surface area contributed by atoms with Crippen LogP contribution >= 0.6 is 23.2 Å². The van der Waals surface area contributed by atoms with Crippen LogP contribution in [-0.2, 0) is 4.79 Å². The molecule has 0 aliphatic carbocycles. The van der Waals surface area contributed by atoms with Crippen molar-refractivity contribution in [3.05, 3.63) is 28.2 Å². The van der Waals surface area contributed by atoms with E-state index in [4.69, 9.17) is 27.9 Å². The number of benzene rings is 1. The zero-order chi connectivity index (χ0) is 14.7. The van der Waals surface area contributed by atoms with Gasteiger partial charge >= 0.3 is 0 Å². The van der Waals surface area contributed by atoms with Gasteiger partial charge in [0.2, 0.25) is 0 Å². The first kappa shape index (κ1) is 15.5. The molecule has 3 nitrogen and oxygen atoms in total. The Kier molecular flexibility index (Phi) is 5.17. The fourth-order valence-corrected chi connectivity index (χ4v) is 2.92. The molecule has 2 atom stereocenters. The molecule has 1 aliphatic rings. The molecule has 5 heteroatoms. The Morgan fingerprint density at radius 3 is 2.80 bits per heavy atom. The van der Waals surface area contributed by atoms with Crippen molar-refractivity contribution in [1.29, 1.82) is 0 Å². The number of carbonyl (C=O) groups excluding carboxylic acids is 1. The SMILES string of the molecule is C[C@@H](Oc1ccc(Cl)cc1Cl)C(=O)N1CCCC[C@@H]1C. The van der Waals surface area contributed by atoms with Gasteiger partial charge in [-0.05, 0) is 51.3 Å². The lowest BCUT2D eigenvalue weighted by Gasteiger charge is -2.35. The third kappa shape index (κ3) is 3.58. The Labute approximate surface area is 129 Å². The summed E-state index contributed by atoms with van der Waals surface area (Å²) in [7, 11) is 0. The van der Waals surface area contributed by atoms with E-state index >= 15 is 0 Å². The molecule has 2 rings (SSSR count). The quantitative estimate of drug-likeness (QED) is 0.838. The summed E-state index contributed by atoms with van der Waals surface area (Å²) < 4.78 is 5.68. The summed E-state index contributed by atoms with van der Waals surface area (Å²) in [5.74, 6) is 0.504. The Balaban J connectivity index is 2.03. The molecule has 1 aromatic carbocycles. The van der Waals surface area contributed by atoms with E-state index in [0.717, 1.165) is 19.4 Å². The predicted molar refractivity (Wildman–Crippen MR) is 81.6 cm³/mol. The number of ether oxygens (including phenoxy) is 1. The molecule has 20 heavy (non-hydrogen) atoms. The fourth-order valence-electron chi connectivity index (χ4n) is 2.47. The molecule has 0 saturated carbocycles. The molecule has 0 radical (unpaired) electrons. The molecule has 1 heterocycles. The van der Waals surface area contributed by atoms with E-state index in [1.807, 2.05) is 4.90 Å². The van der Waals surface area contributed by atoms with Crippen LogP contribution in [0.15, 0.2) is 18.2 Å². The highest BCUT2D eigenvalue weighted by Crippen LogP contribution is 2.29. The second-order valence-electron chi connectivity index (χ2n) is 5.21. The highest BCUT2D eigenvalue weighted by molar-refractivity contribution is 6.35. The van der Waals surface area contributed by atoms with Crippen molar-refractivity contribution in [3.8, 4) is 5.75 Å². The van der Waals surface area contributed by atoms with Gasteiger partial charge in [-0.2, -0.15) is 0 Å². The Morgan fingerprint density at radius 2 is 2.15 bits per heavy atom. The Hall–Kier alpha value is -0.930. The van der Waals surface area contributed by atoms with Crippen LogP contribution in [0.2, 0.25) is 10.0 Å². The van der Waals surface area contributed by atoms with Crippen molar-refractivity contribution >= 4 is 29.1 Å². The van der Waals surface area contributed by atoms with Crippen LogP contribution in [0, 0.1) is 0 Å². The molecule has 1 fully saturated rings. The molecule has 0 unspecified atom stereocenters. The lowest BCUT2D eigenvalue weighted by Crippen LogP contribution is -2.47. The molecule has 0 aromatic heterocycles. The van der Waals surface area contributed by atoms with Crippen molar-refractivity contribution in [2.75, 3.05) is 6.54 Å². The van der Waals surface area contributed by atoms with Crippen LogP contribution in [0.25, 0.3) is 0 Å². The average molecular weight is 316 g/mol. The summed E-state index contributed by atoms with van der Waals surface area (Å²) in [5.41, 5.74) is 0. The van der Waals surface area contributed by atoms with Gasteiger partial charge in [-0.1, -0.05) is 23.2 Å². The van der Waals surface area contributed by atoms with Gasteiger partial charge in [0, 0.05) is 17.6 Å². The number of rotatable bonds is 3. The van der Waals surface area contributed by atoms with Crippen molar-refractivity contribution in [2.45, 2.75) is 45.3 Å². The second-order valence-corrected chi connectivity index (χ2v) is 6.05. The lowest BCUT2D eigenvalue weighted by atomic mass is 10.0. The standard InChI is InChI=1S/C15H19Cl2NO2/c1-10-5-3-4-8-18(10)15(19)11(2)20-14-7-6-12(16)9-13(14)17/h6-7,9-11H,3-5,8H2,1-2H3/t10-,11+/m0/s1. The first-order valence-electron chi connectivity index (χ1n) is 6.91. The largest absolute Gasteiger partial charge is 0.479 e. The Bertz CT molecular complexity index is 493. The van der Waals surface area contributed by atoms with Crippen LogP contribution in [0.4, 0.5) is 0 Å². The van der Waals surface area contributed by atoms with E-state index in [0.29, 0.717) is 15.8 Å². The molecule has 1 saturated heterocycles. The predicted octanol–water partition coefficient (Wildman–Crippen LogP) is 4.16. The summed E-state index contributed by atoms with van der Waals surface area (Å²) in [4.78, 5) is 14.3. The number of halogens is 2. The number of hydrogen-bond donors (Lipinski definition) is 0. The molecular weight excluding hydrogens is 297 g/mol. The van der Waals surface area contributed by atoms with Crippen LogP contribution in [0.3, 0.4) is 0 Å². The van der Waals surface area contributed by atoms with E-state index in [1.54, 1.807) is 25.1 Å². The number of likely N-dealkylation sites (tertiary alicyclic amines) is 1. The molecular formula is C15H19Cl2NO2.